The molecule has 3 aromatic carbocycles. The molecular weight excluding hydrogens is 436 g/mol. The predicted molar refractivity (Wildman–Crippen MR) is 138 cm³/mol. The highest BCUT2D eigenvalue weighted by atomic mass is 16.2. The maximum absolute atomic E-state index is 13.4. The summed E-state index contributed by atoms with van der Waals surface area (Å²) in [5.41, 5.74) is 3.43. The van der Waals surface area contributed by atoms with E-state index >= 15 is 0 Å². The number of carbonyl (C=O) groups is 2. The van der Waals surface area contributed by atoms with Gasteiger partial charge in [0.15, 0.2) is 0 Å². The van der Waals surface area contributed by atoms with Crippen molar-refractivity contribution in [2.45, 2.75) is 19.6 Å². The van der Waals surface area contributed by atoms with Crippen molar-refractivity contribution < 1.29 is 9.59 Å². The van der Waals surface area contributed by atoms with Gasteiger partial charge in [0, 0.05) is 45.8 Å². The maximum atomic E-state index is 13.4. The minimum atomic E-state index is -0.0109. The summed E-state index contributed by atoms with van der Waals surface area (Å²) in [6.45, 7) is 4.91. The normalized spacial score (nSPS) is 16.9. The first-order chi connectivity index (χ1) is 17.2. The van der Waals surface area contributed by atoms with Crippen molar-refractivity contribution in [3.8, 4) is 0 Å². The molecule has 0 atom stereocenters. The number of carbonyl (C=O) groups excluding carboxylic acids is 2. The molecular formula is C29H34N4O2. The van der Waals surface area contributed by atoms with Crippen LogP contribution in [0.25, 0.3) is 0 Å². The smallest absolute Gasteiger partial charge is 0.237 e. The van der Waals surface area contributed by atoms with E-state index in [4.69, 9.17) is 0 Å². The molecule has 1 aliphatic heterocycles. The van der Waals surface area contributed by atoms with Crippen molar-refractivity contribution in [3.05, 3.63) is 108 Å². The van der Waals surface area contributed by atoms with Crippen LogP contribution in [0.3, 0.4) is 0 Å². The molecule has 0 aromatic heterocycles. The Labute approximate surface area is 208 Å². The fourth-order valence-electron chi connectivity index (χ4n) is 4.37. The van der Waals surface area contributed by atoms with Crippen LogP contribution in [-0.2, 0) is 29.2 Å². The lowest BCUT2D eigenvalue weighted by Gasteiger charge is -2.31. The second-order valence-corrected chi connectivity index (χ2v) is 9.04. The first-order valence-electron chi connectivity index (χ1n) is 12.3. The van der Waals surface area contributed by atoms with E-state index in [1.165, 1.54) is 11.1 Å². The van der Waals surface area contributed by atoms with Crippen LogP contribution >= 0.6 is 0 Å². The average Bonchev–Trinajstić information content (AvgIpc) is 2.88. The zero-order valence-electron chi connectivity index (χ0n) is 20.2. The number of hydrogen-bond acceptors (Lipinski definition) is 4. The molecule has 6 heteroatoms. The molecule has 0 radical (unpaired) electrons. The zero-order valence-corrected chi connectivity index (χ0v) is 20.2. The summed E-state index contributed by atoms with van der Waals surface area (Å²) in [4.78, 5) is 32.4. The molecule has 182 valence electrons. The van der Waals surface area contributed by atoms with Crippen molar-refractivity contribution in [2.24, 2.45) is 0 Å². The third-order valence-corrected chi connectivity index (χ3v) is 6.23. The Kier molecular flexibility index (Phi) is 9.04. The molecule has 0 spiro atoms. The van der Waals surface area contributed by atoms with Crippen molar-refractivity contribution in [2.75, 3.05) is 39.3 Å². The van der Waals surface area contributed by atoms with Crippen LogP contribution < -0.4 is 5.32 Å². The Morgan fingerprint density at radius 2 is 1.03 bits per heavy atom. The van der Waals surface area contributed by atoms with E-state index in [2.05, 4.69) is 39.4 Å². The number of hydrogen-bond donors (Lipinski definition) is 1. The average molecular weight is 471 g/mol. The number of nitrogens with one attached hydrogen (secondary N) is 1. The van der Waals surface area contributed by atoms with Crippen molar-refractivity contribution in [3.63, 3.8) is 0 Å². The highest BCUT2D eigenvalue weighted by molar-refractivity contribution is 5.79. The molecule has 4 rings (SSSR count). The van der Waals surface area contributed by atoms with Crippen molar-refractivity contribution >= 4 is 11.8 Å². The monoisotopic (exact) mass is 470 g/mol. The van der Waals surface area contributed by atoms with Crippen LogP contribution in [0.15, 0.2) is 91.0 Å². The number of amides is 2. The van der Waals surface area contributed by atoms with Gasteiger partial charge in [0.2, 0.25) is 11.8 Å². The molecule has 0 unspecified atom stereocenters. The minimum absolute atomic E-state index is 0.0109. The largest absolute Gasteiger partial charge is 0.353 e. The van der Waals surface area contributed by atoms with Gasteiger partial charge in [0.25, 0.3) is 0 Å². The Hall–Kier alpha value is -3.48. The van der Waals surface area contributed by atoms with Gasteiger partial charge < -0.3 is 10.2 Å². The van der Waals surface area contributed by atoms with Gasteiger partial charge in [-0.2, -0.15) is 0 Å². The van der Waals surface area contributed by atoms with E-state index in [0.29, 0.717) is 58.9 Å². The molecule has 2 amide bonds. The highest BCUT2D eigenvalue weighted by Gasteiger charge is 2.21. The minimum Gasteiger partial charge on any atom is -0.353 e. The summed E-state index contributed by atoms with van der Waals surface area (Å²) in [7, 11) is 0. The maximum Gasteiger partial charge on any atom is 0.237 e. The summed E-state index contributed by atoms with van der Waals surface area (Å²) in [5, 5.41) is 3.02. The molecule has 0 saturated carbocycles. The van der Waals surface area contributed by atoms with E-state index in [-0.39, 0.29) is 11.8 Å². The van der Waals surface area contributed by atoms with E-state index in [1.54, 1.807) is 0 Å². The van der Waals surface area contributed by atoms with E-state index in [1.807, 2.05) is 71.6 Å². The van der Waals surface area contributed by atoms with Crippen LogP contribution in [0.5, 0.6) is 0 Å². The molecule has 3 aromatic rings. The molecule has 1 saturated heterocycles. The zero-order chi connectivity index (χ0) is 24.3. The standard InChI is InChI=1S/C29H34N4O2/c34-28-23-31(20-25-10-4-1-5-11-25)18-19-32(21-26-12-6-2-7-13-26)24-29(35)33(17-16-30-28)22-27-14-8-3-9-15-27/h1-15H,16-24H2,(H,30,34). The Morgan fingerprint density at radius 3 is 1.54 bits per heavy atom. The second-order valence-electron chi connectivity index (χ2n) is 9.04. The summed E-state index contributed by atoms with van der Waals surface area (Å²) in [6.07, 6.45) is 0. The second kappa shape index (κ2) is 12.8. The van der Waals surface area contributed by atoms with Crippen LogP contribution in [-0.4, -0.2) is 65.8 Å². The molecule has 1 fully saturated rings. The first-order valence-corrected chi connectivity index (χ1v) is 12.3. The summed E-state index contributed by atoms with van der Waals surface area (Å²) < 4.78 is 0. The lowest BCUT2D eigenvalue weighted by Crippen LogP contribution is -2.48. The van der Waals surface area contributed by atoms with Gasteiger partial charge >= 0.3 is 0 Å². The first kappa shape index (κ1) is 24.6. The van der Waals surface area contributed by atoms with Crippen molar-refractivity contribution in [1.29, 1.82) is 0 Å². The Morgan fingerprint density at radius 1 is 0.571 bits per heavy atom. The van der Waals surface area contributed by atoms with Gasteiger partial charge in [0.05, 0.1) is 13.1 Å². The molecule has 0 aliphatic carbocycles. The SMILES string of the molecule is O=C1CN(Cc2ccccc2)CCN(Cc2ccccc2)CC(=O)N(Cc2ccccc2)CCN1. The van der Waals surface area contributed by atoms with Crippen LogP contribution in [0.4, 0.5) is 0 Å². The summed E-state index contributed by atoms with van der Waals surface area (Å²) >= 11 is 0. The lowest BCUT2D eigenvalue weighted by molar-refractivity contribution is -0.134. The quantitative estimate of drug-likeness (QED) is 0.601. The van der Waals surface area contributed by atoms with E-state index in [9.17, 15) is 9.59 Å². The fraction of sp³-hybridized carbons (Fsp3) is 0.310. The van der Waals surface area contributed by atoms with Crippen LogP contribution in [0, 0.1) is 0 Å². The van der Waals surface area contributed by atoms with Crippen LogP contribution in [0.1, 0.15) is 16.7 Å². The van der Waals surface area contributed by atoms with Gasteiger partial charge in [-0.15, -0.1) is 0 Å². The molecule has 35 heavy (non-hydrogen) atoms. The van der Waals surface area contributed by atoms with Crippen molar-refractivity contribution in [1.82, 2.24) is 20.0 Å². The van der Waals surface area contributed by atoms with E-state index in [0.717, 1.165) is 5.56 Å². The number of rotatable bonds is 6. The van der Waals surface area contributed by atoms with E-state index < -0.39 is 0 Å². The Balaban J connectivity index is 1.51. The third kappa shape index (κ3) is 8.05. The number of benzene rings is 3. The predicted octanol–water partition coefficient (Wildman–Crippen LogP) is 3.15. The topological polar surface area (TPSA) is 55.9 Å². The van der Waals surface area contributed by atoms with Crippen LogP contribution in [0.2, 0.25) is 0 Å². The molecule has 1 heterocycles. The molecule has 1 aliphatic rings. The van der Waals surface area contributed by atoms with Gasteiger partial charge in [-0.05, 0) is 16.7 Å². The van der Waals surface area contributed by atoms with Gasteiger partial charge in [0.1, 0.15) is 0 Å². The number of nitrogens with zero attached hydrogens (tertiary/aromatic N) is 3. The fourth-order valence-corrected chi connectivity index (χ4v) is 4.37. The van der Waals surface area contributed by atoms with Gasteiger partial charge in [-0.25, -0.2) is 0 Å². The summed E-state index contributed by atoms with van der Waals surface area (Å²) in [6, 6.07) is 30.5. The molecule has 0 bridgehead atoms. The Bertz CT molecular complexity index is 1060. The van der Waals surface area contributed by atoms with Gasteiger partial charge in [-0.1, -0.05) is 91.0 Å². The third-order valence-electron chi connectivity index (χ3n) is 6.23. The highest BCUT2D eigenvalue weighted by Crippen LogP contribution is 2.11. The summed E-state index contributed by atoms with van der Waals surface area (Å²) in [5.74, 6) is 0.0671. The molecule has 1 N–H and O–H groups in total. The molecule has 6 nitrogen and oxygen atoms in total. The lowest BCUT2D eigenvalue weighted by atomic mass is 10.2. The van der Waals surface area contributed by atoms with Gasteiger partial charge in [-0.3, -0.25) is 19.4 Å².